The van der Waals surface area contributed by atoms with Gasteiger partial charge in [0.1, 0.15) is 0 Å². The molecule has 0 saturated carbocycles. The van der Waals surface area contributed by atoms with Gasteiger partial charge in [-0.05, 0) is 67.7 Å². The fourth-order valence-electron chi connectivity index (χ4n) is 9.02. The van der Waals surface area contributed by atoms with E-state index in [1.165, 1.54) is 52.8 Å². The third-order valence-corrected chi connectivity index (χ3v) is 13.1. The average Bonchev–Trinajstić information content (AvgIpc) is 3.76. The summed E-state index contributed by atoms with van der Waals surface area (Å²) in [5, 5.41) is 9.85. The van der Waals surface area contributed by atoms with Crippen LogP contribution in [0.15, 0.2) is 212 Å². The van der Waals surface area contributed by atoms with Gasteiger partial charge in [0.25, 0.3) is 0 Å². The highest BCUT2D eigenvalue weighted by Gasteiger charge is 2.24. The summed E-state index contributed by atoms with van der Waals surface area (Å²) in [5.74, 6) is 0.700. The summed E-state index contributed by atoms with van der Waals surface area (Å²) in [7, 11) is 0. The van der Waals surface area contributed by atoms with Crippen molar-refractivity contribution in [1.29, 1.82) is 0 Å². The molecule has 9 aromatic carbocycles. The molecule has 12 rings (SSSR count). The molecule has 61 heavy (non-hydrogen) atoms. The normalized spacial score (nSPS) is 11.6. The van der Waals surface area contributed by atoms with Crippen molar-refractivity contribution < 1.29 is 0 Å². The minimum Gasteiger partial charge on any atom is -0.247 e. The maximum atomic E-state index is 5.45. The molecule has 0 saturated heterocycles. The highest BCUT2D eigenvalue weighted by atomic mass is 32.1. The van der Waals surface area contributed by atoms with Crippen molar-refractivity contribution in [3.8, 4) is 66.7 Å². The summed E-state index contributed by atoms with van der Waals surface area (Å²) >= 11 is 1.85. The molecule has 3 nitrogen and oxygen atoms in total. The zero-order valence-corrected chi connectivity index (χ0v) is 33.8. The molecule has 0 N–H and O–H groups in total. The summed E-state index contributed by atoms with van der Waals surface area (Å²) in [6, 6.07) is 75.6. The lowest BCUT2D eigenvalue weighted by molar-refractivity contribution is 1.18. The van der Waals surface area contributed by atoms with Crippen LogP contribution in [-0.4, -0.2) is 15.0 Å². The number of benzene rings is 9. The molecular weight excluding hydrogens is 759 g/mol. The van der Waals surface area contributed by atoms with Crippen LogP contribution in [0.4, 0.5) is 0 Å². The topological polar surface area (TPSA) is 38.7 Å². The van der Waals surface area contributed by atoms with Crippen LogP contribution >= 0.6 is 11.3 Å². The quantitative estimate of drug-likeness (QED) is 0.157. The van der Waals surface area contributed by atoms with E-state index in [9.17, 15) is 0 Å². The van der Waals surface area contributed by atoms with Crippen LogP contribution < -0.4 is 0 Å². The van der Waals surface area contributed by atoms with Crippen molar-refractivity contribution >= 4 is 64.6 Å². The number of hydrogen-bond donors (Lipinski definition) is 0. The highest BCUT2D eigenvalue weighted by Crippen LogP contribution is 2.51. The van der Waals surface area contributed by atoms with Gasteiger partial charge in [-0.1, -0.05) is 188 Å². The molecule has 0 fully saturated rings. The number of para-hydroxylation sites is 1. The number of pyridine rings is 1. The zero-order chi connectivity index (χ0) is 40.3. The molecule has 0 aliphatic rings. The minimum absolute atomic E-state index is 0.700. The number of hydrogen-bond acceptors (Lipinski definition) is 4. The third-order valence-electron chi connectivity index (χ3n) is 11.9. The van der Waals surface area contributed by atoms with Gasteiger partial charge < -0.3 is 0 Å². The Morgan fingerprint density at radius 3 is 1.49 bits per heavy atom. The van der Waals surface area contributed by atoms with E-state index in [-0.39, 0.29) is 0 Å². The van der Waals surface area contributed by atoms with Crippen LogP contribution in [0.2, 0.25) is 0 Å². The molecule has 0 bridgehead atoms. The standard InChI is InChI=1S/C57H35N3S/c1-4-17-36(18-5-1)50-35-51(60-57(59-50)38-21-8-3-9-22-38)39-23-16-24-41(33-39)55-52(53-54(37-19-6-2-7-20-37)58-49-30-15-14-29-47(49)56(53)61-55)40-31-32-46-44-27-11-10-25-42(44)43-26-12-13-28-45(43)48(46)34-40/h1-35H. The Hall–Kier alpha value is -7.79. The summed E-state index contributed by atoms with van der Waals surface area (Å²) in [6.45, 7) is 0. The molecule has 0 radical (unpaired) electrons. The molecule has 0 atom stereocenters. The highest BCUT2D eigenvalue weighted by molar-refractivity contribution is 7.24. The van der Waals surface area contributed by atoms with E-state index in [0.29, 0.717) is 5.82 Å². The molecule has 0 unspecified atom stereocenters. The molecule has 0 aliphatic heterocycles. The van der Waals surface area contributed by atoms with Gasteiger partial charge in [-0.2, -0.15) is 0 Å². The Morgan fingerprint density at radius 1 is 0.311 bits per heavy atom. The minimum atomic E-state index is 0.700. The van der Waals surface area contributed by atoms with E-state index in [4.69, 9.17) is 15.0 Å². The van der Waals surface area contributed by atoms with Crippen LogP contribution in [-0.2, 0) is 0 Å². The van der Waals surface area contributed by atoms with Gasteiger partial charge in [0.05, 0.1) is 22.6 Å². The number of aromatic nitrogens is 3. The van der Waals surface area contributed by atoms with Gasteiger partial charge in [0.15, 0.2) is 5.82 Å². The second-order valence-electron chi connectivity index (χ2n) is 15.5. The smallest absolute Gasteiger partial charge is 0.160 e. The van der Waals surface area contributed by atoms with Crippen LogP contribution in [0.25, 0.3) is 120 Å². The van der Waals surface area contributed by atoms with Gasteiger partial charge in [-0.25, -0.2) is 15.0 Å². The first-order valence-electron chi connectivity index (χ1n) is 20.6. The van der Waals surface area contributed by atoms with Crippen molar-refractivity contribution in [2.75, 3.05) is 0 Å². The van der Waals surface area contributed by atoms with Gasteiger partial charge in [-0.3, -0.25) is 0 Å². The molecule has 0 aliphatic carbocycles. The fraction of sp³-hybridized carbons (Fsp3) is 0. The van der Waals surface area contributed by atoms with E-state index >= 15 is 0 Å². The van der Waals surface area contributed by atoms with Crippen molar-refractivity contribution in [2.24, 2.45) is 0 Å². The lowest BCUT2D eigenvalue weighted by Crippen LogP contribution is -1.96. The Kier molecular flexibility index (Phi) is 8.36. The molecule has 12 aromatic rings. The fourth-order valence-corrected chi connectivity index (χ4v) is 10.4. The number of rotatable bonds is 6. The molecule has 0 amide bonds. The van der Waals surface area contributed by atoms with Crippen LogP contribution in [0, 0.1) is 0 Å². The van der Waals surface area contributed by atoms with E-state index in [1.54, 1.807) is 0 Å². The maximum absolute atomic E-state index is 5.45. The van der Waals surface area contributed by atoms with Crippen LogP contribution in [0.3, 0.4) is 0 Å². The zero-order valence-electron chi connectivity index (χ0n) is 33.0. The summed E-state index contributed by atoms with van der Waals surface area (Å²) < 4.78 is 1.23. The van der Waals surface area contributed by atoms with Crippen molar-refractivity contribution in [2.45, 2.75) is 0 Å². The third kappa shape index (κ3) is 5.99. The summed E-state index contributed by atoms with van der Waals surface area (Å²) in [6.07, 6.45) is 0. The molecule has 3 aromatic heterocycles. The lowest BCUT2D eigenvalue weighted by Gasteiger charge is -2.14. The molecule has 4 heteroatoms. The SMILES string of the molecule is c1ccc(-c2cc(-c3cccc(-c4sc5c(c(-c6ccccc6)nc6ccccc65)c4-c4ccc5c6ccccc6c6ccccc6c5c4)c3)nc(-c3ccccc3)n2)cc1. The number of fused-ring (bicyclic) bond motifs is 9. The Morgan fingerprint density at radius 2 is 0.820 bits per heavy atom. The molecule has 0 spiro atoms. The predicted molar refractivity (Wildman–Crippen MR) is 258 cm³/mol. The second-order valence-corrected chi connectivity index (χ2v) is 16.5. The second kappa shape index (κ2) is 14.5. The first-order chi connectivity index (χ1) is 30.2. The van der Waals surface area contributed by atoms with E-state index < -0.39 is 0 Å². The summed E-state index contributed by atoms with van der Waals surface area (Å²) in [4.78, 5) is 16.9. The van der Waals surface area contributed by atoms with E-state index in [1.807, 2.05) is 35.6 Å². The first kappa shape index (κ1) is 35.2. The van der Waals surface area contributed by atoms with E-state index in [0.717, 1.165) is 61.4 Å². The monoisotopic (exact) mass is 793 g/mol. The summed E-state index contributed by atoms with van der Waals surface area (Å²) in [5.41, 5.74) is 11.4. The molecular formula is C57H35N3S. The number of thiophene rings is 1. The van der Waals surface area contributed by atoms with Crippen molar-refractivity contribution in [3.05, 3.63) is 212 Å². The van der Waals surface area contributed by atoms with Crippen LogP contribution in [0.1, 0.15) is 0 Å². The lowest BCUT2D eigenvalue weighted by atomic mass is 9.90. The van der Waals surface area contributed by atoms with Crippen molar-refractivity contribution in [1.82, 2.24) is 15.0 Å². The van der Waals surface area contributed by atoms with Crippen LogP contribution in [0.5, 0.6) is 0 Å². The van der Waals surface area contributed by atoms with Gasteiger partial charge in [-0.15, -0.1) is 11.3 Å². The Balaban J connectivity index is 1.15. The maximum Gasteiger partial charge on any atom is 0.160 e. The number of nitrogens with zero attached hydrogens (tertiary/aromatic N) is 3. The van der Waals surface area contributed by atoms with Gasteiger partial charge >= 0.3 is 0 Å². The van der Waals surface area contributed by atoms with Crippen molar-refractivity contribution in [3.63, 3.8) is 0 Å². The molecule has 284 valence electrons. The first-order valence-corrected chi connectivity index (χ1v) is 21.4. The van der Waals surface area contributed by atoms with E-state index in [2.05, 4.69) is 188 Å². The largest absolute Gasteiger partial charge is 0.247 e. The Bertz CT molecular complexity index is 3540. The Labute approximate surface area is 356 Å². The van der Waals surface area contributed by atoms with Gasteiger partial charge in [0, 0.05) is 48.2 Å². The predicted octanol–water partition coefficient (Wildman–Crippen LogP) is 15.7. The van der Waals surface area contributed by atoms with Gasteiger partial charge in [0.2, 0.25) is 0 Å². The average molecular weight is 794 g/mol. The molecule has 3 heterocycles.